The molecule has 0 bridgehead atoms. The monoisotopic (exact) mass is 202 g/mol. The van der Waals surface area contributed by atoms with E-state index >= 15 is 0 Å². The van der Waals surface area contributed by atoms with Crippen LogP contribution in [-0.4, -0.2) is 11.1 Å². The first-order valence-corrected chi connectivity index (χ1v) is 5.86. The van der Waals surface area contributed by atoms with Gasteiger partial charge in [0.15, 0.2) is 0 Å². The highest BCUT2D eigenvalue weighted by molar-refractivity contribution is 5.69. The number of carboxylic acid groups (broad SMARTS) is 1. The highest BCUT2D eigenvalue weighted by atomic mass is 16.4. The van der Waals surface area contributed by atoms with Crippen LogP contribution < -0.4 is 0 Å². The third kappa shape index (κ3) is 11.5. The van der Waals surface area contributed by atoms with Crippen LogP contribution in [0.15, 0.2) is 0 Å². The van der Waals surface area contributed by atoms with Gasteiger partial charge in [-0.25, -0.2) is 0 Å². The molecule has 2 nitrogen and oxygen atoms in total. The van der Waals surface area contributed by atoms with Crippen molar-refractivity contribution in [3.63, 3.8) is 0 Å². The quantitative estimate of drug-likeness (QED) is 0.704. The Morgan fingerprint density at radius 2 is 1.57 bits per heavy atom. The molecule has 2 heteroatoms. The Kier molecular flexibility index (Phi) is 14.2. The molecule has 0 aromatic carbocycles. The van der Waals surface area contributed by atoms with Gasteiger partial charge in [0.1, 0.15) is 0 Å². The van der Waals surface area contributed by atoms with Crippen molar-refractivity contribution in [2.45, 2.75) is 66.2 Å². The lowest BCUT2D eigenvalue weighted by Gasteiger charge is -2.06. The van der Waals surface area contributed by atoms with Crippen molar-refractivity contribution >= 4 is 5.97 Å². The SMILES string of the molecule is CCCC.CCCCC(CC)C(=O)O. The molecule has 0 saturated carbocycles. The molecule has 0 aliphatic carbocycles. The van der Waals surface area contributed by atoms with Crippen molar-refractivity contribution in [3.05, 3.63) is 0 Å². The summed E-state index contributed by atoms with van der Waals surface area (Å²) in [5, 5.41) is 8.60. The smallest absolute Gasteiger partial charge is 0.306 e. The molecule has 0 spiro atoms. The summed E-state index contributed by atoms with van der Waals surface area (Å²) in [6, 6.07) is 0. The number of carboxylic acids is 1. The van der Waals surface area contributed by atoms with Crippen molar-refractivity contribution in [2.75, 3.05) is 0 Å². The third-order valence-electron chi connectivity index (χ3n) is 2.25. The van der Waals surface area contributed by atoms with E-state index in [9.17, 15) is 4.79 Å². The number of unbranched alkanes of at least 4 members (excludes halogenated alkanes) is 2. The Balaban J connectivity index is 0. The number of hydrogen-bond donors (Lipinski definition) is 1. The average Bonchev–Trinajstić information content (AvgIpc) is 2.19. The number of hydrogen-bond acceptors (Lipinski definition) is 1. The zero-order valence-electron chi connectivity index (χ0n) is 10.2. The minimum atomic E-state index is -0.643. The van der Waals surface area contributed by atoms with Crippen LogP contribution in [-0.2, 0) is 4.79 Å². The van der Waals surface area contributed by atoms with Crippen molar-refractivity contribution in [3.8, 4) is 0 Å². The van der Waals surface area contributed by atoms with E-state index in [1.54, 1.807) is 0 Å². The van der Waals surface area contributed by atoms with Crippen LogP contribution in [0, 0.1) is 5.92 Å². The van der Waals surface area contributed by atoms with Gasteiger partial charge in [-0.15, -0.1) is 0 Å². The number of aliphatic carboxylic acids is 1. The molecule has 0 radical (unpaired) electrons. The Morgan fingerprint density at radius 3 is 1.79 bits per heavy atom. The summed E-state index contributed by atoms with van der Waals surface area (Å²) < 4.78 is 0. The van der Waals surface area contributed by atoms with E-state index in [0.717, 1.165) is 25.7 Å². The molecule has 1 N–H and O–H groups in total. The van der Waals surface area contributed by atoms with Crippen molar-refractivity contribution in [1.29, 1.82) is 0 Å². The Morgan fingerprint density at radius 1 is 1.07 bits per heavy atom. The molecule has 14 heavy (non-hydrogen) atoms. The maximum atomic E-state index is 10.4. The molecule has 0 saturated heterocycles. The van der Waals surface area contributed by atoms with E-state index in [4.69, 9.17) is 5.11 Å². The topological polar surface area (TPSA) is 37.3 Å². The van der Waals surface area contributed by atoms with Gasteiger partial charge in [0, 0.05) is 0 Å². The second-order valence-corrected chi connectivity index (χ2v) is 3.59. The van der Waals surface area contributed by atoms with Gasteiger partial charge in [-0.05, 0) is 12.8 Å². The summed E-state index contributed by atoms with van der Waals surface area (Å²) in [4.78, 5) is 10.4. The fourth-order valence-corrected chi connectivity index (χ4v) is 0.953. The van der Waals surface area contributed by atoms with Gasteiger partial charge >= 0.3 is 5.97 Å². The maximum Gasteiger partial charge on any atom is 0.306 e. The van der Waals surface area contributed by atoms with Crippen LogP contribution in [0.5, 0.6) is 0 Å². The molecule has 0 rings (SSSR count). The second-order valence-electron chi connectivity index (χ2n) is 3.59. The molecule has 0 aliphatic heterocycles. The minimum Gasteiger partial charge on any atom is -0.481 e. The van der Waals surface area contributed by atoms with Crippen molar-refractivity contribution < 1.29 is 9.90 Å². The van der Waals surface area contributed by atoms with Gasteiger partial charge in [-0.1, -0.05) is 53.4 Å². The summed E-state index contributed by atoms with van der Waals surface area (Å²) >= 11 is 0. The lowest BCUT2D eigenvalue weighted by atomic mass is 10.00. The molecule has 0 aromatic heterocycles. The highest BCUT2D eigenvalue weighted by Gasteiger charge is 2.12. The second kappa shape index (κ2) is 12.5. The molecule has 86 valence electrons. The van der Waals surface area contributed by atoms with Gasteiger partial charge in [0.05, 0.1) is 5.92 Å². The van der Waals surface area contributed by atoms with Crippen LogP contribution in [0.3, 0.4) is 0 Å². The summed E-state index contributed by atoms with van der Waals surface area (Å²) in [5.74, 6) is -0.754. The maximum absolute atomic E-state index is 10.4. The molecule has 0 aromatic rings. The van der Waals surface area contributed by atoms with Crippen LogP contribution in [0.2, 0.25) is 0 Å². The van der Waals surface area contributed by atoms with E-state index in [-0.39, 0.29) is 5.92 Å². The summed E-state index contributed by atoms with van der Waals surface area (Å²) in [6.07, 6.45) is 6.35. The molecular formula is C12H26O2. The normalized spacial score (nSPS) is 11.4. The summed E-state index contributed by atoms with van der Waals surface area (Å²) in [5.41, 5.74) is 0. The van der Waals surface area contributed by atoms with E-state index in [1.807, 2.05) is 6.92 Å². The Hall–Kier alpha value is -0.530. The molecule has 0 heterocycles. The zero-order valence-corrected chi connectivity index (χ0v) is 10.2. The third-order valence-corrected chi connectivity index (χ3v) is 2.25. The van der Waals surface area contributed by atoms with Crippen LogP contribution in [0.4, 0.5) is 0 Å². The van der Waals surface area contributed by atoms with E-state index in [1.165, 1.54) is 12.8 Å². The van der Waals surface area contributed by atoms with Gasteiger partial charge in [0.25, 0.3) is 0 Å². The van der Waals surface area contributed by atoms with E-state index in [2.05, 4.69) is 20.8 Å². The van der Waals surface area contributed by atoms with E-state index < -0.39 is 5.97 Å². The summed E-state index contributed by atoms with van der Waals surface area (Å²) in [6.45, 7) is 8.36. The highest BCUT2D eigenvalue weighted by Crippen LogP contribution is 2.11. The average molecular weight is 202 g/mol. The van der Waals surface area contributed by atoms with Gasteiger partial charge in [0.2, 0.25) is 0 Å². The lowest BCUT2D eigenvalue weighted by Crippen LogP contribution is -2.11. The lowest BCUT2D eigenvalue weighted by molar-refractivity contribution is -0.142. The fraction of sp³-hybridized carbons (Fsp3) is 0.917. The molecule has 0 aliphatic rings. The predicted octanol–water partition coefficient (Wildman–Crippen LogP) is 4.09. The standard InChI is InChI=1S/C8H16O2.C4H10/c1-3-5-6-7(4-2)8(9)10;1-3-4-2/h7H,3-6H2,1-2H3,(H,9,10);3-4H2,1-2H3. The first-order valence-electron chi connectivity index (χ1n) is 5.86. The molecule has 1 atom stereocenters. The summed E-state index contributed by atoms with van der Waals surface area (Å²) in [7, 11) is 0. The predicted molar refractivity (Wildman–Crippen MR) is 61.5 cm³/mol. The first kappa shape index (κ1) is 15.9. The van der Waals surface area contributed by atoms with Crippen molar-refractivity contribution in [1.82, 2.24) is 0 Å². The van der Waals surface area contributed by atoms with Gasteiger partial charge < -0.3 is 5.11 Å². The van der Waals surface area contributed by atoms with Crippen LogP contribution in [0.1, 0.15) is 66.2 Å². The fourth-order valence-electron chi connectivity index (χ4n) is 0.953. The van der Waals surface area contributed by atoms with Crippen LogP contribution >= 0.6 is 0 Å². The Labute approximate surface area is 88.7 Å². The molecule has 0 amide bonds. The first-order chi connectivity index (χ1) is 6.63. The van der Waals surface area contributed by atoms with Gasteiger partial charge in [-0.2, -0.15) is 0 Å². The van der Waals surface area contributed by atoms with Crippen LogP contribution in [0.25, 0.3) is 0 Å². The largest absolute Gasteiger partial charge is 0.481 e. The zero-order chi connectivity index (χ0) is 11.4. The molecular weight excluding hydrogens is 176 g/mol. The molecule has 1 unspecified atom stereocenters. The minimum absolute atomic E-state index is 0.111. The Bertz CT molecular complexity index is 119. The van der Waals surface area contributed by atoms with E-state index in [0.29, 0.717) is 0 Å². The number of rotatable bonds is 6. The van der Waals surface area contributed by atoms with Gasteiger partial charge in [-0.3, -0.25) is 4.79 Å². The number of carbonyl (C=O) groups is 1. The molecule has 0 fully saturated rings. The van der Waals surface area contributed by atoms with Crippen molar-refractivity contribution in [2.24, 2.45) is 5.92 Å².